The van der Waals surface area contributed by atoms with Gasteiger partial charge in [-0.25, -0.2) is 0 Å². The molecule has 0 saturated carbocycles. The highest BCUT2D eigenvalue weighted by Crippen LogP contribution is 2.13. The summed E-state index contributed by atoms with van der Waals surface area (Å²) in [6.45, 7) is 1.90. The van der Waals surface area contributed by atoms with Gasteiger partial charge in [-0.15, -0.1) is 0 Å². The SMILES string of the molecule is COc1cccc(CC(=O)Nc2ccc(C)nc2)c1. The molecule has 19 heavy (non-hydrogen) atoms. The topological polar surface area (TPSA) is 51.2 Å². The van der Waals surface area contributed by atoms with E-state index < -0.39 is 0 Å². The summed E-state index contributed by atoms with van der Waals surface area (Å²) in [6.07, 6.45) is 1.96. The summed E-state index contributed by atoms with van der Waals surface area (Å²) in [5.74, 6) is 0.682. The van der Waals surface area contributed by atoms with E-state index in [4.69, 9.17) is 4.74 Å². The highest BCUT2D eigenvalue weighted by atomic mass is 16.5. The van der Waals surface area contributed by atoms with Crippen LogP contribution < -0.4 is 10.1 Å². The van der Waals surface area contributed by atoms with E-state index in [1.165, 1.54) is 0 Å². The van der Waals surface area contributed by atoms with Crippen molar-refractivity contribution in [3.63, 3.8) is 0 Å². The Kier molecular flexibility index (Phi) is 4.13. The maximum absolute atomic E-state index is 11.9. The van der Waals surface area contributed by atoms with Gasteiger partial charge in [0.05, 0.1) is 25.4 Å². The normalized spacial score (nSPS) is 10.0. The van der Waals surface area contributed by atoms with Crippen molar-refractivity contribution in [2.24, 2.45) is 0 Å². The van der Waals surface area contributed by atoms with Gasteiger partial charge in [0.15, 0.2) is 0 Å². The Hall–Kier alpha value is -2.36. The number of benzene rings is 1. The first-order chi connectivity index (χ1) is 9.17. The lowest BCUT2D eigenvalue weighted by Gasteiger charge is -2.06. The molecule has 1 heterocycles. The van der Waals surface area contributed by atoms with E-state index in [1.807, 2.05) is 43.3 Å². The van der Waals surface area contributed by atoms with Crippen molar-refractivity contribution >= 4 is 11.6 Å². The minimum atomic E-state index is -0.0705. The van der Waals surface area contributed by atoms with E-state index in [-0.39, 0.29) is 5.91 Å². The molecule has 0 unspecified atom stereocenters. The van der Waals surface area contributed by atoms with Crippen molar-refractivity contribution in [3.05, 3.63) is 53.9 Å². The minimum absolute atomic E-state index is 0.0705. The molecule has 1 N–H and O–H groups in total. The maximum atomic E-state index is 11.9. The van der Waals surface area contributed by atoms with Gasteiger partial charge in [0.25, 0.3) is 0 Å². The van der Waals surface area contributed by atoms with Crippen molar-refractivity contribution in [1.82, 2.24) is 4.98 Å². The predicted octanol–water partition coefficient (Wildman–Crippen LogP) is 2.58. The number of aromatic nitrogens is 1. The van der Waals surface area contributed by atoms with Gasteiger partial charge in [-0.05, 0) is 36.8 Å². The number of carbonyl (C=O) groups is 1. The molecule has 0 radical (unpaired) electrons. The van der Waals surface area contributed by atoms with Crippen LogP contribution in [-0.2, 0) is 11.2 Å². The lowest BCUT2D eigenvalue weighted by atomic mass is 10.1. The number of pyridine rings is 1. The van der Waals surface area contributed by atoms with Crippen molar-refractivity contribution < 1.29 is 9.53 Å². The van der Waals surface area contributed by atoms with E-state index in [1.54, 1.807) is 13.3 Å². The van der Waals surface area contributed by atoms with Crippen molar-refractivity contribution in [2.45, 2.75) is 13.3 Å². The lowest BCUT2D eigenvalue weighted by molar-refractivity contribution is -0.115. The first-order valence-corrected chi connectivity index (χ1v) is 6.03. The monoisotopic (exact) mass is 256 g/mol. The van der Waals surface area contributed by atoms with Gasteiger partial charge in [0, 0.05) is 5.69 Å². The highest BCUT2D eigenvalue weighted by Gasteiger charge is 2.05. The van der Waals surface area contributed by atoms with Crippen molar-refractivity contribution in [3.8, 4) is 5.75 Å². The first-order valence-electron chi connectivity index (χ1n) is 6.03. The number of ether oxygens (including phenoxy) is 1. The Morgan fingerprint density at radius 2 is 2.16 bits per heavy atom. The fourth-order valence-corrected chi connectivity index (χ4v) is 1.71. The van der Waals surface area contributed by atoms with Gasteiger partial charge >= 0.3 is 0 Å². The van der Waals surface area contributed by atoms with Gasteiger partial charge in [-0.3, -0.25) is 9.78 Å². The molecule has 0 aliphatic rings. The van der Waals surface area contributed by atoms with Crippen LogP contribution in [0.15, 0.2) is 42.6 Å². The average molecular weight is 256 g/mol. The number of methoxy groups -OCH3 is 1. The molecule has 1 aromatic heterocycles. The molecule has 0 saturated heterocycles. The molecule has 0 aliphatic carbocycles. The van der Waals surface area contributed by atoms with Gasteiger partial charge in [-0.2, -0.15) is 0 Å². The Labute approximate surface area is 112 Å². The van der Waals surface area contributed by atoms with Crippen LogP contribution in [-0.4, -0.2) is 18.0 Å². The second kappa shape index (κ2) is 6.00. The Morgan fingerprint density at radius 3 is 2.84 bits per heavy atom. The number of carbonyl (C=O) groups excluding carboxylic acids is 1. The van der Waals surface area contributed by atoms with Crippen LogP contribution in [0.1, 0.15) is 11.3 Å². The zero-order valence-electron chi connectivity index (χ0n) is 11.0. The van der Waals surface area contributed by atoms with Gasteiger partial charge in [0.1, 0.15) is 5.75 Å². The standard InChI is InChI=1S/C15H16N2O2/c1-11-6-7-13(10-16-11)17-15(18)9-12-4-3-5-14(8-12)19-2/h3-8,10H,9H2,1-2H3,(H,17,18). The van der Waals surface area contributed by atoms with Crippen LogP contribution in [0.3, 0.4) is 0 Å². The van der Waals surface area contributed by atoms with Gasteiger partial charge in [0.2, 0.25) is 5.91 Å². The summed E-state index contributed by atoms with van der Waals surface area (Å²) in [5, 5.41) is 2.81. The van der Waals surface area contributed by atoms with E-state index in [0.29, 0.717) is 12.1 Å². The molecule has 4 nitrogen and oxygen atoms in total. The third-order valence-corrected chi connectivity index (χ3v) is 2.69. The van der Waals surface area contributed by atoms with E-state index >= 15 is 0 Å². The van der Waals surface area contributed by atoms with Crippen molar-refractivity contribution in [2.75, 3.05) is 12.4 Å². The smallest absolute Gasteiger partial charge is 0.228 e. The summed E-state index contributed by atoms with van der Waals surface area (Å²) in [6, 6.07) is 11.2. The van der Waals surface area contributed by atoms with E-state index in [9.17, 15) is 4.79 Å². The molecule has 2 aromatic rings. The fraction of sp³-hybridized carbons (Fsp3) is 0.200. The van der Waals surface area contributed by atoms with E-state index in [0.717, 1.165) is 17.0 Å². The number of aryl methyl sites for hydroxylation is 1. The zero-order valence-corrected chi connectivity index (χ0v) is 11.0. The predicted molar refractivity (Wildman–Crippen MR) is 74.3 cm³/mol. The highest BCUT2D eigenvalue weighted by molar-refractivity contribution is 5.92. The summed E-state index contributed by atoms with van der Waals surface area (Å²) in [7, 11) is 1.61. The Morgan fingerprint density at radius 1 is 1.32 bits per heavy atom. The molecule has 0 spiro atoms. The summed E-state index contributed by atoms with van der Waals surface area (Å²) >= 11 is 0. The second-order valence-electron chi connectivity index (χ2n) is 4.26. The van der Waals surface area contributed by atoms with Crippen LogP contribution >= 0.6 is 0 Å². The number of nitrogens with one attached hydrogen (secondary N) is 1. The molecule has 1 aromatic carbocycles. The molecule has 2 rings (SSSR count). The summed E-state index contributed by atoms with van der Waals surface area (Å²) in [5.41, 5.74) is 2.54. The molecular formula is C15H16N2O2. The minimum Gasteiger partial charge on any atom is -0.497 e. The molecule has 0 aliphatic heterocycles. The quantitative estimate of drug-likeness (QED) is 0.914. The summed E-state index contributed by atoms with van der Waals surface area (Å²) in [4.78, 5) is 16.0. The number of hydrogen-bond acceptors (Lipinski definition) is 3. The number of nitrogens with zero attached hydrogens (tertiary/aromatic N) is 1. The van der Waals surface area contributed by atoms with Crippen LogP contribution in [0.4, 0.5) is 5.69 Å². The first kappa shape index (κ1) is 13.1. The third-order valence-electron chi connectivity index (χ3n) is 2.69. The molecular weight excluding hydrogens is 240 g/mol. The molecule has 4 heteroatoms. The van der Waals surface area contributed by atoms with Gasteiger partial charge in [-0.1, -0.05) is 12.1 Å². The van der Waals surface area contributed by atoms with E-state index in [2.05, 4.69) is 10.3 Å². The van der Waals surface area contributed by atoms with Crippen LogP contribution in [0, 0.1) is 6.92 Å². The Balaban J connectivity index is 1.99. The molecule has 98 valence electrons. The van der Waals surface area contributed by atoms with Gasteiger partial charge < -0.3 is 10.1 Å². The molecule has 1 amide bonds. The molecule has 0 atom stereocenters. The Bertz CT molecular complexity index is 565. The number of hydrogen-bond donors (Lipinski definition) is 1. The van der Waals surface area contributed by atoms with Crippen LogP contribution in [0.25, 0.3) is 0 Å². The lowest BCUT2D eigenvalue weighted by Crippen LogP contribution is -2.14. The summed E-state index contributed by atoms with van der Waals surface area (Å²) < 4.78 is 5.13. The van der Waals surface area contributed by atoms with Crippen LogP contribution in [0.2, 0.25) is 0 Å². The number of rotatable bonds is 4. The zero-order chi connectivity index (χ0) is 13.7. The third kappa shape index (κ3) is 3.81. The second-order valence-corrected chi connectivity index (χ2v) is 4.26. The van der Waals surface area contributed by atoms with Crippen LogP contribution in [0.5, 0.6) is 5.75 Å². The van der Waals surface area contributed by atoms with Crippen molar-refractivity contribution in [1.29, 1.82) is 0 Å². The fourth-order valence-electron chi connectivity index (χ4n) is 1.71. The largest absolute Gasteiger partial charge is 0.497 e. The molecule has 0 bridgehead atoms. The number of anilines is 1. The number of amides is 1. The molecule has 0 fully saturated rings. The average Bonchev–Trinajstić information content (AvgIpc) is 2.41. The maximum Gasteiger partial charge on any atom is 0.228 e.